The molecular formula is C18H28N5+. The molecule has 124 valence electrons. The number of aromatic nitrogens is 2. The van der Waals surface area contributed by atoms with E-state index in [1.165, 1.54) is 31.6 Å². The lowest BCUT2D eigenvalue weighted by molar-refractivity contribution is -0.849. The maximum Gasteiger partial charge on any atom is 0.242 e. The lowest BCUT2D eigenvalue weighted by atomic mass is 9.83. The molecule has 0 saturated carbocycles. The van der Waals surface area contributed by atoms with Gasteiger partial charge in [0, 0.05) is 36.7 Å². The minimum atomic E-state index is 0.174. The number of allylic oxidation sites excluding steroid dienone is 3. The van der Waals surface area contributed by atoms with Crippen LogP contribution in [0.2, 0.25) is 0 Å². The van der Waals surface area contributed by atoms with Crippen molar-refractivity contribution in [1.82, 2.24) is 15.4 Å². The van der Waals surface area contributed by atoms with Crippen LogP contribution in [0, 0.1) is 19.3 Å². The first-order valence-electron chi connectivity index (χ1n) is 8.54. The van der Waals surface area contributed by atoms with Gasteiger partial charge in [-0.1, -0.05) is 19.9 Å². The maximum atomic E-state index is 4.41. The summed E-state index contributed by atoms with van der Waals surface area (Å²) >= 11 is 0. The van der Waals surface area contributed by atoms with Gasteiger partial charge in [-0.25, -0.2) is 9.97 Å². The third kappa shape index (κ3) is 4.10. The average molecular weight is 314 g/mol. The molecule has 0 radical (unpaired) electrons. The Morgan fingerprint density at radius 2 is 1.70 bits per heavy atom. The molecule has 1 aliphatic carbocycles. The summed E-state index contributed by atoms with van der Waals surface area (Å²) in [6.45, 7) is 11.1. The van der Waals surface area contributed by atoms with E-state index in [2.05, 4.69) is 46.8 Å². The first-order valence-corrected chi connectivity index (χ1v) is 8.54. The molecule has 5 nitrogen and oxygen atoms in total. The van der Waals surface area contributed by atoms with Crippen molar-refractivity contribution in [3.8, 4) is 0 Å². The number of likely N-dealkylation sites (tertiary alicyclic amines) is 1. The van der Waals surface area contributed by atoms with Crippen LogP contribution < -0.4 is 15.8 Å². The van der Waals surface area contributed by atoms with Crippen LogP contribution in [0.4, 0.5) is 5.95 Å². The van der Waals surface area contributed by atoms with Gasteiger partial charge in [0.15, 0.2) is 0 Å². The van der Waals surface area contributed by atoms with Gasteiger partial charge in [-0.2, -0.15) is 0 Å². The maximum absolute atomic E-state index is 4.41. The molecule has 1 aromatic rings. The molecule has 0 unspecified atom stereocenters. The van der Waals surface area contributed by atoms with Gasteiger partial charge in [0.05, 0.1) is 18.8 Å². The summed E-state index contributed by atoms with van der Waals surface area (Å²) in [6, 6.07) is 1.98. The molecule has 1 aromatic heterocycles. The number of nitrogens with zero attached hydrogens (tertiary/aromatic N) is 2. The van der Waals surface area contributed by atoms with E-state index in [9.17, 15) is 0 Å². The van der Waals surface area contributed by atoms with E-state index in [1.54, 1.807) is 4.90 Å². The lowest BCUT2D eigenvalue weighted by Crippen LogP contribution is -3.08. The summed E-state index contributed by atoms with van der Waals surface area (Å²) in [5, 5.41) is 0. The second-order valence-electron chi connectivity index (χ2n) is 7.47. The highest BCUT2D eigenvalue weighted by atomic mass is 15.4. The molecule has 1 fully saturated rings. The van der Waals surface area contributed by atoms with E-state index in [1.807, 2.05) is 19.9 Å². The summed E-state index contributed by atoms with van der Waals surface area (Å²) < 4.78 is 0. The van der Waals surface area contributed by atoms with Crippen LogP contribution in [-0.4, -0.2) is 23.1 Å². The molecule has 5 heteroatoms. The van der Waals surface area contributed by atoms with Crippen molar-refractivity contribution in [2.45, 2.75) is 47.0 Å². The molecule has 1 saturated heterocycles. The molecule has 0 aromatic carbocycles. The molecule has 2 aliphatic rings. The van der Waals surface area contributed by atoms with E-state index in [-0.39, 0.29) is 5.41 Å². The smallest absolute Gasteiger partial charge is 0.242 e. The van der Waals surface area contributed by atoms with Crippen molar-refractivity contribution in [1.29, 1.82) is 0 Å². The van der Waals surface area contributed by atoms with Gasteiger partial charge in [0.1, 0.15) is 5.70 Å². The van der Waals surface area contributed by atoms with Crippen LogP contribution in [0.25, 0.3) is 0 Å². The molecule has 0 atom stereocenters. The van der Waals surface area contributed by atoms with Crippen molar-refractivity contribution in [2.75, 3.05) is 18.5 Å². The summed E-state index contributed by atoms with van der Waals surface area (Å²) in [6.07, 6.45) is 8.40. The molecule has 0 amide bonds. The topological polar surface area (TPSA) is 54.3 Å². The van der Waals surface area contributed by atoms with E-state index in [4.69, 9.17) is 0 Å². The second kappa shape index (κ2) is 6.32. The van der Waals surface area contributed by atoms with E-state index < -0.39 is 0 Å². The zero-order chi connectivity index (χ0) is 16.4. The number of nitrogens with one attached hydrogen (secondary N) is 3. The lowest BCUT2D eigenvalue weighted by Gasteiger charge is -2.29. The van der Waals surface area contributed by atoms with Gasteiger partial charge < -0.3 is 4.90 Å². The largest absolute Gasteiger partial charge is 0.306 e. The van der Waals surface area contributed by atoms with Gasteiger partial charge in [-0.3, -0.25) is 10.9 Å². The summed E-state index contributed by atoms with van der Waals surface area (Å²) in [4.78, 5) is 10.5. The quantitative estimate of drug-likeness (QED) is 0.743. The zero-order valence-corrected chi connectivity index (χ0v) is 14.7. The molecule has 0 bridgehead atoms. The fourth-order valence-corrected chi connectivity index (χ4v) is 3.58. The van der Waals surface area contributed by atoms with E-state index in [0.29, 0.717) is 5.95 Å². The highest BCUT2D eigenvalue weighted by molar-refractivity contribution is 5.32. The number of aryl methyl sites for hydroxylation is 2. The highest BCUT2D eigenvalue weighted by Gasteiger charge is 2.30. The standard InChI is InChI=1S/C18H27N5/c1-13-9-14(2)20-17(19-13)22-21-15-10-16(12-18(3,4)11-15)23-7-5-6-8-23/h9-11,21H,5-8,12H2,1-4H3,(H,19,20,22)/p+1. The van der Waals surface area contributed by atoms with Crippen LogP contribution in [0.5, 0.6) is 0 Å². The Balaban J connectivity index is 1.73. The third-order valence-electron chi connectivity index (χ3n) is 4.48. The number of hydrogen-bond donors (Lipinski definition) is 3. The van der Waals surface area contributed by atoms with E-state index in [0.717, 1.165) is 23.5 Å². The molecule has 23 heavy (non-hydrogen) atoms. The molecular weight excluding hydrogens is 286 g/mol. The SMILES string of the molecule is Cc1cc(C)nc(NNC2=CC(C)(C)CC([NH+]3CCCC3)=C2)n1. The Labute approximate surface area is 138 Å². The van der Waals surface area contributed by atoms with Gasteiger partial charge in [0.2, 0.25) is 5.95 Å². The number of hydrogen-bond acceptors (Lipinski definition) is 4. The van der Waals surface area contributed by atoms with Crippen molar-refractivity contribution in [3.05, 3.63) is 41.0 Å². The first-order chi connectivity index (χ1) is 10.9. The molecule has 3 N–H and O–H groups in total. The Kier molecular flexibility index (Phi) is 4.39. The minimum Gasteiger partial charge on any atom is -0.306 e. The minimum absolute atomic E-state index is 0.174. The van der Waals surface area contributed by atoms with Crippen LogP contribution in [0.1, 0.15) is 44.5 Å². The van der Waals surface area contributed by atoms with E-state index >= 15 is 0 Å². The fraction of sp³-hybridized carbons (Fsp3) is 0.556. The Morgan fingerprint density at radius 3 is 2.35 bits per heavy atom. The van der Waals surface area contributed by atoms with Crippen LogP contribution >= 0.6 is 0 Å². The summed E-state index contributed by atoms with van der Waals surface area (Å²) in [5.74, 6) is 0.621. The van der Waals surface area contributed by atoms with Crippen molar-refractivity contribution in [2.24, 2.45) is 5.41 Å². The number of rotatable bonds is 4. The number of anilines is 1. The molecule has 3 rings (SSSR count). The van der Waals surface area contributed by atoms with Gasteiger partial charge in [-0.05, 0) is 25.3 Å². The average Bonchev–Trinajstić information content (AvgIpc) is 2.96. The zero-order valence-electron chi connectivity index (χ0n) is 14.7. The Morgan fingerprint density at radius 1 is 1.04 bits per heavy atom. The fourth-order valence-electron chi connectivity index (χ4n) is 3.58. The predicted octanol–water partition coefficient (Wildman–Crippen LogP) is 1.89. The van der Waals surface area contributed by atoms with Crippen LogP contribution in [0.3, 0.4) is 0 Å². The molecule has 1 aliphatic heterocycles. The molecule has 0 spiro atoms. The predicted molar refractivity (Wildman–Crippen MR) is 92.8 cm³/mol. The van der Waals surface area contributed by atoms with Gasteiger partial charge in [0.25, 0.3) is 0 Å². The van der Waals surface area contributed by atoms with Crippen molar-refractivity contribution >= 4 is 5.95 Å². The van der Waals surface area contributed by atoms with Crippen LogP contribution in [-0.2, 0) is 0 Å². The Bertz CT molecular complexity index is 619. The van der Waals surface area contributed by atoms with Gasteiger partial charge in [-0.15, -0.1) is 0 Å². The van der Waals surface area contributed by atoms with Gasteiger partial charge >= 0.3 is 0 Å². The third-order valence-corrected chi connectivity index (χ3v) is 4.48. The summed E-state index contributed by atoms with van der Waals surface area (Å²) in [7, 11) is 0. The normalized spacial score (nSPS) is 20.9. The summed E-state index contributed by atoms with van der Waals surface area (Å²) in [5.41, 5.74) is 11.2. The second-order valence-corrected chi connectivity index (χ2v) is 7.47. The molecule has 2 heterocycles. The van der Waals surface area contributed by atoms with Crippen molar-refractivity contribution < 1.29 is 4.90 Å². The number of quaternary nitrogens is 1. The van der Waals surface area contributed by atoms with Crippen molar-refractivity contribution in [3.63, 3.8) is 0 Å². The Hall–Kier alpha value is -1.88. The monoisotopic (exact) mass is 314 g/mol. The number of hydrazine groups is 1. The van der Waals surface area contributed by atoms with Crippen LogP contribution in [0.15, 0.2) is 29.6 Å². The highest BCUT2D eigenvalue weighted by Crippen LogP contribution is 2.30. The first kappa shape index (κ1) is 16.0.